The van der Waals surface area contributed by atoms with Crippen LogP contribution < -0.4 is 16.0 Å². The van der Waals surface area contributed by atoms with Crippen LogP contribution in [0, 0.1) is 0 Å². The fraction of sp³-hybridized carbons (Fsp3) is 0.278. The second-order valence-electron chi connectivity index (χ2n) is 6.59. The van der Waals surface area contributed by atoms with Crippen molar-refractivity contribution in [2.75, 3.05) is 11.6 Å². The van der Waals surface area contributed by atoms with E-state index in [0.717, 1.165) is 17.5 Å². The summed E-state index contributed by atoms with van der Waals surface area (Å²) in [5, 5.41) is 1.15. The lowest BCUT2D eigenvalue weighted by atomic mass is 10.0. The maximum absolute atomic E-state index is 13.1. The molecule has 0 radical (unpaired) electrons. The maximum atomic E-state index is 13.1. The first-order chi connectivity index (χ1) is 13.8. The SMILES string of the molecule is CC1C2=C(CCN1C(=O)c1cccc(C(F)(F)F)c1Cl)N(c1cnccn1)NN2. The van der Waals surface area contributed by atoms with Gasteiger partial charge in [0.15, 0.2) is 5.82 Å². The van der Waals surface area contributed by atoms with Crippen LogP contribution in [0.4, 0.5) is 19.0 Å². The largest absolute Gasteiger partial charge is 0.417 e. The molecular formula is C18H16ClF3N6O. The number of hydrazine groups is 2. The lowest BCUT2D eigenvalue weighted by molar-refractivity contribution is -0.137. The number of nitrogens with zero attached hydrogens (tertiary/aromatic N) is 4. The van der Waals surface area contributed by atoms with E-state index in [4.69, 9.17) is 11.6 Å². The van der Waals surface area contributed by atoms with Crippen molar-refractivity contribution in [1.82, 2.24) is 25.8 Å². The van der Waals surface area contributed by atoms with Crippen LogP contribution in [0.25, 0.3) is 0 Å². The van der Waals surface area contributed by atoms with Gasteiger partial charge in [0.25, 0.3) is 5.91 Å². The van der Waals surface area contributed by atoms with E-state index >= 15 is 0 Å². The first-order valence-electron chi connectivity index (χ1n) is 8.76. The van der Waals surface area contributed by atoms with Gasteiger partial charge in [0.05, 0.1) is 39.8 Å². The van der Waals surface area contributed by atoms with Gasteiger partial charge in [0, 0.05) is 25.4 Å². The Kier molecular flexibility index (Phi) is 4.83. The zero-order valence-corrected chi connectivity index (χ0v) is 15.9. The van der Waals surface area contributed by atoms with E-state index in [2.05, 4.69) is 20.9 Å². The van der Waals surface area contributed by atoms with Crippen LogP contribution in [0.5, 0.6) is 0 Å². The number of carbonyl (C=O) groups is 1. The van der Waals surface area contributed by atoms with Crippen molar-refractivity contribution in [1.29, 1.82) is 0 Å². The molecule has 2 aliphatic heterocycles. The van der Waals surface area contributed by atoms with Gasteiger partial charge < -0.3 is 10.3 Å². The molecule has 1 amide bonds. The van der Waals surface area contributed by atoms with E-state index in [0.29, 0.717) is 18.8 Å². The predicted octanol–water partition coefficient (Wildman–Crippen LogP) is 3.12. The number of carbonyl (C=O) groups excluding carboxylic acids is 1. The Morgan fingerprint density at radius 1 is 1.31 bits per heavy atom. The van der Waals surface area contributed by atoms with E-state index in [9.17, 15) is 18.0 Å². The fourth-order valence-corrected chi connectivity index (χ4v) is 3.81. The second-order valence-corrected chi connectivity index (χ2v) is 6.96. The minimum atomic E-state index is -4.63. The summed E-state index contributed by atoms with van der Waals surface area (Å²) in [6.45, 7) is 2.11. The average Bonchev–Trinajstić information content (AvgIpc) is 3.13. The fourth-order valence-electron chi connectivity index (χ4n) is 3.49. The van der Waals surface area contributed by atoms with E-state index in [-0.39, 0.29) is 5.56 Å². The normalized spacial score (nSPS) is 19.3. The van der Waals surface area contributed by atoms with Gasteiger partial charge in [-0.25, -0.2) is 9.99 Å². The van der Waals surface area contributed by atoms with E-state index < -0.39 is 28.7 Å². The van der Waals surface area contributed by atoms with Gasteiger partial charge in [-0.05, 0) is 19.1 Å². The molecule has 2 aromatic rings. The van der Waals surface area contributed by atoms with Crippen molar-refractivity contribution in [3.05, 3.63) is 64.3 Å². The van der Waals surface area contributed by atoms with Crippen molar-refractivity contribution >= 4 is 23.3 Å². The molecule has 3 heterocycles. The Balaban J connectivity index is 1.62. The molecule has 2 N–H and O–H groups in total. The van der Waals surface area contributed by atoms with Crippen LogP contribution >= 0.6 is 11.6 Å². The van der Waals surface area contributed by atoms with E-state index in [1.54, 1.807) is 30.5 Å². The molecule has 29 heavy (non-hydrogen) atoms. The third kappa shape index (κ3) is 3.38. The van der Waals surface area contributed by atoms with Crippen molar-refractivity contribution in [2.45, 2.75) is 25.6 Å². The first kappa shape index (κ1) is 19.5. The number of alkyl halides is 3. The number of hydrogen-bond acceptors (Lipinski definition) is 6. The summed E-state index contributed by atoms with van der Waals surface area (Å²) in [4.78, 5) is 22.8. The summed E-state index contributed by atoms with van der Waals surface area (Å²) >= 11 is 5.94. The summed E-state index contributed by atoms with van der Waals surface area (Å²) < 4.78 is 39.4. The van der Waals surface area contributed by atoms with Gasteiger partial charge in [0.1, 0.15) is 0 Å². The highest BCUT2D eigenvalue weighted by molar-refractivity contribution is 6.34. The molecule has 0 spiro atoms. The molecule has 11 heteroatoms. The molecule has 2 aliphatic rings. The standard InChI is InChI=1S/C18H16ClF3N6O/c1-10-16-13(28(26-25-16)14-9-23-6-7-24-14)5-8-27(10)17(29)11-3-2-4-12(15(11)19)18(20,21)22/h2-4,6-7,9-10,25-26H,5,8H2,1H3. The van der Waals surface area contributed by atoms with Gasteiger partial charge in [0.2, 0.25) is 0 Å². The molecule has 4 rings (SSSR count). The lowest BCUT2D eigenvalue weighted by Gasteiger charge is -2.35. The van der Waals surface area contributed by atoms with Gasteiger partial charge in [-0.2, -0.15) is 13.2 Å². The van der Waals surface area contributed by atoms with Crippen molar-refractivity contribution in [3.8, 4) is 0 Å². The number of hydrogen-bond donors (Lipinski definition) is 2. The lowest BCUT2D eigenvalue weighted by Crippen LogP contribution is -2.46. The van der Waals surface area contributed by atoms with Crippen LogP contribution in [0.1, 0.15) is 29.3 Å². The Bertz CT molecular complexity index is 981. The highest BCUT2D eigenvalue weighted by Crippen LogP contribution is 2.37. The highest BCUT2D eigenvalue weighted by atomic mass is 35.5. The molecule has 0 aliphatic carbocycles. The smallest absolute Gasteiger partial charge is 0.330 e. The van der Waals surface area contributed by atoms with Crippen LogP contribution in [0.15, 0.2) is 48.2 Å². The number of nitrogens with one attached hydrogen (secondary N) is 2. The molecule has 0 saturated heterocycles. The number of halogens is 4. The van der Waals surface area contributed by atoms with Crippen LogP contribution in [-0.2, 0) is 6.18 Å². The van der Waals surface area contributed by atoms with Gasteiger partial charge >= 0.3 is 6.18 Å². The van der Waals surface area contributed by atoms with Gasteiger partial charge in [-0.15, -0.1) is 5.53 Å². The van der Waals surface area contributed by atoms with E-state index in [1.807, 2.05) is 0 Å². The van der Waals surface area contributed by atoms with Gasteiger partial charge in [-0.1, -0.05) is 17.7 Å². The zero-order valence-electron chi connectivity index (χ0n) is 15.2. The number of benzene rings is 1. The van der Waals surface area contributed by atoms with Crippen LogP contribution in [0.3, 0.4) is 0 Å². The van der Waals surface area contributed by atoms with Gasteiger partial charge in [-0.3, -0.25) is 9.78 Å². The summed E-state index contributed by atoms with van der Waals surface area (Å²) in [7, 11) is 0. The quantitative estimate of drug-likeness (QED) is 0.771. The van der Waals surface area contributed by atoms with Crippen LogP contribution in [-0.4, -0.2) is 33.4 Å². The topological polar surface area (TPSA) is 73.4 Å². The number of anilines is 1. The Morgan fingerprint density at radius 2 is 2.10 bits per heavy atom. The molecule has 0 bridgehead atoms. The number of aromatic nitrogens is 2. The average molecular weight is 425 g/mol. The maximum Gasteiger partial charge on any atom is 0.417 e. The summed E-state index contributed by atoms with van der Waals surface area (Å²) in [5.41, 5.74) is 6.43. The second kappa shape index (κ2) is 7.20. The minimum Gasteiger partial charge on any atom is -0.330 e. The highest BCUT2D eigenvalue weighted by Gasteiger charge is 2.39. The monoisotopic (exact) mass is 424 g/mol. The van der Waals surface area contributed by atoms with Crippen molar-refractivity contribution in [3.63, 3.8) is 0 Å². The Morgan fingerprint density at radius 3 is 2.79 bits per heavy atom. The third-order valence-corrected chi connectivity index (χ3v) is 5.34. The Hall–Kier alpha value is -2.85. The molecule has 1 aromatic heterocycles. The molecule has 152 valence electrons. The summed E-state index contributed by atoms with van der Waals surface area (Å²) in [6.07, 6.45) is 0.552. The molecular weight excluding hydrogens is 409 g/mol. The van der Waals surface area contributed by atoms with Crippen molar-refractivity contribution < 1.29 is 18.0 Å². The summed E-state index contributed by atoms with van der Waals surface area (Å²) in [6, 6.07) is 2.95. The molecule has 7 nitrogen and oxygen atoms in total. The Labute approximate surface area is 169 Å². The first-order valence-corrected chi connectivity index (χ1v) is 9.14. The van der Waals surface area contributed by atoms with E-state index in [1.165, 1.54) is 17.0 Å². The zero-order chi connectivity index (χ0) is 20.8. The molecule has 0 fully saturated rings. The molecule has 0 saturated carbocycles. The van der Waals surface area contributed by atoms with Crippen LogP contribution in [0.2, 0.25) is 5.02 Å². The summed E-state index contributed by atoms with van der Waals surface area (Å²) in [5.74, 6) is 0.0257. The van der Waals surface area contributed by atoms with Crippen molar-refractivity contribution in [2.24, 2.45) is 0 Å². The molecule has 1 unspecified atom stereocenters. The third-order valence-electron chi connectivity index (χ3n) is 4.93. The predicted molar refractivity (Wildman–Crippen MR) is 99.4 cm³/mol. The molecule has 1 aromatic carbocycles. The number of rotatable bonds is 2. The number of amides is 1. The molecule has 1 atom stereocenters. The minimum absolute atomic E-state index is 0.172.